The van der Waals surface area contributed by atoms with Crippen LogP contribution in [-0.2, 0) is 17.7 Å². The van der Waals surface area contributed by atoms with Crippen LogP contribution in [0.3, 0.4) is 0 Å². The molecule has 0 saturated carbocycles. The zero-order valence-electron chi connectivity index (χ0n) is 16.4. The summed E-state index contributed by atoms with van der Waals surface area (Å²) in [6.07, 6.45) is 4.97. The third-order valence-corrected chi connectivity index (χ3v) is 4.83. The number of rotatable bonds is 7. The molecule has 0 radical (unpaired) electrons. The van der Waals surface area contributed by atoms with Gasteiger partial charge in [-0.15, -0.1) is 0 Å². The van der Waals surface area contributed by atoms with E-state index in [0.29, 0.717) is 17.2 Å². The number of hydrogen-bond acceptors (Lipinski definition) is 5. The second-order valence-corrected chi connectivity index (χ2v) is 6.94. The van der Waals surface area contributed by atoms with Gasteiger partial charge in [0.25, 0.3) is 5.56 Å². The van der Waals surface area contributed by atoms with Crippen LogP contribution in [0.4, 0.5) is 0 Å². The molecule has 6 nitrogen and oxygen atoms in total. The summed E-state index contributed by atoms with van der Waals surface area (Å²) in [6.45, 7) is 0.557. The maximum Gasteiger partial charge on any atom is 0.359 e. The highest BCUT2D eigenvalue weighted by molar-refractivity contribution is 6.02. The fourth-order valence-electron chi connectivity index (χ4n) is 3.31. The normalized spacial score (nSPS) is 10.8. The molecule has 2 aromatic heterocycles. The van der Waals surface area contributed by atoms with Gasteiger partial charge in [-0.1, -0.05) is 48.5 Å². The third-order valence-electron chi connectivity index (χ3n) is 4.83. The minimum atomic E-state index is -0.525. The highest BCUT2D eigenvalue weighted by atomic mass is 16.5. The number of ether oxygens (including phenoxy) is 1. The minimum absolute atomic E-state index is 0.157. The van der Waals surface area contributed by atoms with Crippen molar-refractivity contribution < 1.29 is 9.53 Å². The summed E-state index contributed by atoms with van der Waals surface area (Å²) in [5.74, 6) is -0.525. The van der Waals surface area contributed by atoms with Gasteiger partial charge in [0.15, 0.2) is 5.69 Å². The number of fused-ring (bicyclic) bond motifs is 1. The van der Waals surface area contributed by atoms with Crippen LogP contribution in [-0.4, -0.2) is 27.3 Å². The van der Waals surface area contributed by atoms with Gasteiger partial charge in [0.1, 0.15) is 0 Å². The first kappa shape index (κ1) is 19.5. The predicted molar refractivity (Wildman–Crippen MR) is 114 cm³/mol. The molecule has 2 aromatic carbocycles. The van der Waals surface area contributed by atoms with Crippen molar-refractivity contribution in [2.75, 3.05) is 6.61 Å². The van der Waals surface area contributed by atoms with Crippen LogP contribution < -0.4 is 5.56 Å². The molecule has 150 valence electrons. The molecule has 0 fully saturated rings. The summed E-state index contributed by atoms with van der Waals surface area (Å²) in [7, 11) is 0. The van der Waals surface area contributed by atoms with Crippen molar-refractivity contribution in [2.45, 2.75) is 19.4 Å². The number of pyridine rings is 1. The van der Waals surface area contributed by atoms with Gasteiger partial charge in [-0.25, -0.2) is 9.48 Å². The summed E-state index contributed by atoms with van der Waals surface area (Å²) in [6, 6.07) is 20.4. The molecule has 0 unspecified atom stereocenters. The fraction of sp³-hybridized carbons (Fsp3) is 0.167. The van der Waals surface area contributed by atoms with Crippen LogP contribution in [0.2, 0.25) is 0 Å². The Labute approximate surface area is 173 Å². The molecular formula is C24H21N3O3. The third kappa shape index (κ3) is 4.43. The van der Waals surface area contributed by atoms with Gasteiger partial charge in [-0.05, 0) is 42.2 Å². The Morgan fingerprint density at radius 3 is 2.33 bits per heavy atom. The molecule has 0 bridgehead atoms. The van der Waals surface area contributed by atoms with E-state index in [-0.39, 0.29) is 24.4 Å². The van der Waals surface area contributed by atoms with Gasteiger partial charge in [0, 0.05) is 17.8 Å². The first-order valence-electron chi connectivity index (χ1n) is 9.82. The predicted octanol–water partition coefficient (Wildman–Crippen LogP) is 3.63. The van der Waals surface area contributed by atoms with Crippen LogP contribution >= 0.6 is 0 Å². The van der Waals surface area contributed by atoms with Crippen LogP contribution in [0, 0.1) is 0 Å². The molecule has 0 N–H and O–H groups in total. The molecular weight excluding hydrogens is 378 g/mol. The van der Waals surface area contributed by atoms with Gasteiger partial charge >= 0.3 is 5.97 Å². The largest absolute Gasteiger partial charge is 0.461 e. The van der Waals surface area contributed by atoms with Gasteiger partial charge in [0.2, 0.25) is 0 Å². The van der Waals surface area contributed by atoms with E-state index in [9.17, 15) is 9.59 Å². The van der Waals surface area contributed by atoms with E-state index in [1.807, 2.05) is 42.5 Å². The topological polar surface area (TPSA) is 74.1 Å². The molecule has 30 heavy (non-hydrogen) atoms. The number of aromatic nitrogens is 3. The summed E-state index contributed by atoms with van der Waals surface area (Å²) >= 11 is 0. The summed E-state index contributed by atoms with van der Waals surface area (Å²) in [4.78, 5) is 29.6. The number of carbonyl (C=O) groups is 1. The van der Waals surface area contributed by atoms with Crippen LogP contribution in [0.1, 0.15) is 28.0 Å². The quantitative estimate of drug-likeness (QED) is 0.350. The minimum Gasteiger partial charge on any atom is -0.461 e. The lowest BCUT2D eigenvalue weighted by molar-refractivity contribution is 0.0493. The molecule has 0 atom stereocenters. The van der Waals surface area contributed by atoms with Crippen LogP contribution in [0.25, 0.3) is 10.8 Å². The molecule has 4 rings (SSSR count). The van der Waals surface area contributed by atoms with Gasteiger partial charge in [-0.2, -0.15) is 5.10 Å². The van der Waals surface area contributed by atoms with Crippen molar-refractivity contribution in [1.82, 2.24) is 14.8 Å². The van der Waals surface area contributed by atoms with E-state index in [1.54, 1.807) is 36.7 Å². The Morgan fingerprint density at radius 1 is 0.867 bits per heavy atom. The smallest absolute Gasteiger partial charge is 0.359 e. The lowest BCUT2D eigenvalue weighted by Crippen LogP contribution is -2.27. The molecule has 6 heteroatoms. The zero-order valence-corrected chi connectivity index (χ0v) is 16.4. The van der Waals surface area contributed by atoms with Crippen molar-refractivity contribution in [3.63, 3.8) is 0 Å². The summed E-state index contributed by atoms with van der Waals surface area (Å²) in [5.41, 5.74) is 1.99. The lowest BCUT2D eigenvalue weighted by atomic mass is 10.1. The second-order valence-electron chi connectivity index (χ2n) is 6.94. The summed E-state index contributed by atoms with van der Waals surface area (Å²) in [5, 5.41) is 5.31. The molecule has 2 heterocycles. The van der Waals surface area contributed by atoms with Gasteiger partial charge in [-0.3, -0.25) is 9.78 Å². The number of esters is 1. The highest BCUT2D eigenvalue weighted by Gasteiger charge is 2.18. The van der Waals surface area contributed by atoms with E-state index in [2.05, 4.69) is 10.1 Å². The molecule has 0 aliphatic rings. The van der Waals surface area contributed by atoms with E-state index in [1.165, 1.54) is 4.68 Å². The monoisotopic (exact) mass is 399 g/mol. The molecule has 0 spiro atoms. The first-order valence-corrected chi connectivity index (χ1v) is 9.82. The Balaban J connectivity index is 1.55. The second kappa shape index (κ2) is 9.13. The van der Waals surface area contributed by atoms with Crippen molar-refractivity contribution in [2.24, 2.45) is 0 Å². The van der Waals surface area contributed by atoms with Crippen molar-refractivity contribution >= 4 is 16.7 Å². The molecule has 0 aliphatic heterocycles. The van der Waals surface area contributed by atoms with E-state index in [0.717, 1.165) is 17.5 Å². The Kier molecular flexibility index (Phi) is 5.94. The lowest BCUT2D eigenvalue weighted by Gasteiger charge is -2.11. The Hall–Kier alpha value is -3.80. The summed E-state index contributed by atoms with van der Waals surface area (Å²) < 4.78 is 6.80. The molecule has 0 saturated heterocycles. The molecule has 0 amide bonds. The number of hydrogen-bond donors (Lipinski definition) is 0. The number of nitrogens with zero attached hydrogens (tertiary/aromatic N) is 3. The van der Waals surface area contributed by atoms with Crippen LogP contribution in [0.15, 0.2) is 83.9 Å². The molecule has 0 aliphatic carbocycles. The highest BCUT2D eigenvalue weighted by Crippen LogP contribution is 2.15. The van der Waals surface area contributed by atoms with E-state index in [4.69, 9.17) is 4.74 Å². The van der Waals surface area contributed by atoms with E-state index < -0.39 is 5.97 Å². The number of carbonyl (C=O) groups excluding carboxylic acids is 1. The maximum atomic E-state index is 12.9. The first-order chi connectivity index (χ1) is 14.7. The van der Waals surface area contributed by atoms with Crippen molar-refractivity contribution in [1.29, 1.82) is 0 Å². The average Bonchev–Trinajstić information content (AvgIpc) is 2.80. The van der Waals surface area contributed by atoms with Gasteiger partial charge < -0.3 is 4.74 Å². The number of aryl methyl sites for hydroxylation is 1. The Morgan fingerprint density at radius 2 is 1.57 bits per heavy atom. The molecule has 4 aromatic rings. The zero-order chi connectivity index (χ0) is 20.8. The number of benzene rings is 2. The van der Waals surface area contributed by atoms with Crippen molar-refractivity contribution in [3.8, 4) is 0 Å². The fourth-order valence-corrected chi connectivity index (χ4v) is 3.31. The van der Waals surface area contributed by atoms with Gasteiger partial charge in [0.05, 0.1) is 18.5 Å². The van der Waals surface area contributed by atoms with E-state index >= 15 is 0 Å². The average molecular weight is 399 g/mol. The standard InChI is InChI=1S/C24H21N3O3/c28-23-21-11-5-4-10-20(21)22(26-27(23)17-19-7-2-1-3-8-19)24(29)30-16-6-9-18-12-14-25-15-13-18/h1-5,7-8,10-15H,6,9,16-17H2. The maximum absolute atomic E-state index is 12.9. The van der Waals surface area contributed by atoms with Crippen molar-refractivity contribution in [3.05, 3.63) is 106 Å². The SMILES string of the molecule is O=C(OCCCc1ccncc1)c1nn(Cc2ccccc2)c(=O)c2ccccc12. The Bertz CT molecular complexity index is 1200. The van der Waals surface area contributed by atoms with Crippen LogP contribution in [0.5, 0.6) is 0 Å².